The molecule has 0 radical (unpaired) electrons. The molecule has 0 bridgehead atoms. The predicted molar refractivity (Wildman–Crippen MR) is 57.8 cm³/mol. The van der Waals surface area contributed by atoms with Gasteiger partial charge in [-0.1, -0.05) is 20.8 Å². The molecule has 1 rings (SSSR count). The molecule has 1 fully saturated rings. The molecule has 0 aromatic carbocycles. The van der Waals surface area contributed by atoms with Crippen molar-refractivity contribution in [1.29, 1.82) is 0 Å². The molecular formula is C10H21NS. The molecule has 1 aliphatic rings. The van der Waals surface area contributed by atoms with Gasteiger partial charge < -0.3 is 5.32 Å². The fourth-order valence-corrected chi connectivity index (χ4v) is 3.47. The quantitative estimate of drug-likeness (QED) is 0.726. The molecule has 1 saturated heterocycles. The minimum Gasteiger partial charge on any atom is -0.313 e. The van der Waals surface area contributed by atoms with Crippen molar-refractivity contribution in [3.8, 4) is 0 Å². The van der Waals surface area contributed by atoms with Crippen molar-refractivity contribution in [3.05, 3.63) is 0 Å². The van der Waals surface area contributed by atoms with E-state index in [0.717, 1.165) is 23.8 Å². The highest BCUT2D eigenvalue weighted by molar-refractivity contribution is 8.00. The summed E-state index contributed by atoms with van der Waals surface area (Å²) in [7, 11) is 0. The first-order valence-corrected chi connectivity index (χ1v) is 6.12. The Morgan fingerprint density at radius 3 is 2.83 bits per heavy atom. The van der Waals surface area contributed by atoms with Crippen LogP contribution in [0.4, 0.5) is 0 Å². The zero-order valence-electron chi connectivity index (χ0n) is 8.47. The minimum absolute atomic E-state index is 0.795. The van der Waals surface area contributed by atoms with Crippen LogP contribution in [0.3, 0.4) is 0 Å². The molecule has 1 unspecified atom stereocenters. The molecular weight excluding hydrogens is 166 g/mol. The van der Waals surface area contributed by atoms with E-state index in [4.69, 9.17) is 0 Å². The molecule has 1 aliphatic heterocycles. The molecule has 0 spiro atoms. The fraction of sp³-hybridized carbons (Fsp3) is 1.00. The first-order valence-electron chi connectivity index (χ1n) is 5.07. The van der Waals surface area contributed by atoms with Crippen LogP contribution in [0.5, 0.6) is 0 Å². The van der Waals surface area contributed by atoms with E-state index in [2.05, 4.69) is 37.8 Å². The average molecular weight is 187 g/mol. The molecule has 2 heteroatoms. The third-order valence-electron chi connectivity index (χ3n) is 2.31. The maximum Gasteiger partial charge on any atom is 0.0168 e. The van der Waals surface area contributed by atoms with E-state index in [9.17, 15) is 0 Å². The number of hydrogen-bond acceptors (Lipinski definition) is 2. The van der Waals surface area contributed by atoms with Gasteiger partial charge in [0.2, 0.25) is 0 Å². The normalized spacial score (nSPS) is 30.0. The van der Waals surface area contributed by atoms with Gasteiger partial charge in [0.15, 0.2) is 0 Å². The van der Waals surface area contributed by atoms with E-state index in [1.807, 2.05) is 0 Å². The van der Waals surface area contributed by atoms with Crippen LogP contribution >= 0.6 is 11.8 Å². The standard InChI is InChI=1S/C10H21NS/c1-4-11-9-6-10(12-7-9)5-8(2)3/h8-11H,4-7H2,1-3H3/t9?,10-/m1/s1. The summed E-state index contributed by atoms with van der Waals surface area (Å²) in [5.41, 5.74) is 0. The van der Waals surface area contributed by atoms with Crippen LogP contribution in [-0.4, -0.2) is 23.6 Å². The van der Waals surface area contributed by atoms with Gasteiger partial charge >= 0.3 is 0 Å². The summed E-state index contributed by atoms with van der Waals surface area (Å²) < 4.78 is 0. The van der Waals surface area contributed by atoms with Crippen molar-refractivity contribution in [1.82, 2.24) is 5.32 Å². The SMILES string of the molecule is CCNC1CS[C@H](CC(C)C)C1. The van der Waals surface area contributed by atoms with E-state index >= 15 is 0 Å². The van der Waals surface area contributed by atoms with Gasteiger partial charge in [-0.3, -0.25) is 0 Å². The minimum atomic E-state index is 0.795. The number of thioether (sulfide) groups is 1. The lowest BCUT2D eigenvalue weighted by Crippen LogP contribution is -2.28. The van der Waals surface area contributed by atoms with Crippen LogP contribution in [0.1, 0.15) is 33.6 Å². The Labute approximate surface area is 80.7 Å². The second kappa shape index (κ2) is 5.13. The second-order valence-corrected chi connectivity index (χ2v) is 5.41. The van der Waals surface area contributed by atoms with Crippen molar-refractivity contribution in [2.45, 2.75) is 44.9 Å². The van der Waals surface area contributed by atoms with Crippen LogP contribution in [0.15, 0.2) is 0 Å². The van der Waals surface area contributed by atoms with Crippen molar-refractivity contribution in [2.24, 2.45) is 5.92 Å². The lowest BCUT2D eigenvalue weighted by Gasteiger charge is -2.12. The zero-order valence-corrected chi connectivity index (χ0v) is 9.29. The number of nitrogens with one attached hydrogen (secondary N) is 1. The molecule has 1 heterocycles. The Hall–Kier alpha value is 0.310. The van der Waals surface area contributed by atoms with Gasteiger partial charge in [0.1, 0.15) is 0 Å². The Balaban J connectivity index is 2.16. The smallest absolute Gasteiger partial charge is 0.0168 e. The highest BCUT2D eigenvalue weighted by atomic mass is 32.2. The fourth-order valence-electron chi connectivity index (χ4n) is 1.83. The van der Waals surface area contributed by atoms with Gasteiger partial charge in [-0.15, -0.1) is 0 Å². The number of hydrogen-bond donors (Lipinski definition) is 1. The van der Waals surface area contributed by atoms with Gasteiger partial charge in [-0.2, -0.15) is 11.8 Å². The molecule has 1 nitrogen and oxygen atoms in total. The van der Waals surface area contributed by atoms with Crippen LogP contribution in [-0.2, 0) is 0 Å². The van der Waals surface area contributed by atoms with Gasteiger partial charge in [0.05, 0.1) is 0 Å². The van der Waals surface area contributed by atoms with Crippen molar-refractivity contribution >= 4 is 11.8 Å². The summed E-state index contributed by atoms with van der Waals surface area (Å²) in [5, 5.41) is 4.45. The van der Waals surface area contributed by atoms with Crippen LogP contribution in [0.2, 0.25) is 0 Å². The maximum absolute atomic E-state index is 3.53. The third kappa shape index (κ3) is 3.36. The van der Waals surface area contributed by atoms with E-state index in [1.165, 1.54) is 18.6 Å². The summed E-state index contributed by atoms with van der Waals surface area (Å²) in [6, 6.07) is 0.795. The Morgan fingerprint density at radius 2 is 2.25 bits per heavy atom. The Kier molecular flexibility index (Phi) is 4.44. The van der Waals surface area contributed by atoms with Crippen LogP contribution in [0.25, 0.3) is 0 Å². The molecule has 12 heavy (non-hydrogen) atoms. The average Bonchev–Trinajstić information content (AvgIpc) is 2.36. The summed E-state index contributed by atoms with van der Waals surface area (Å²) in [4.78, 5) is 0. The maximum atomic E-state index is 3.53. The predicted octanol–water partition coefficient (Wildman–Crippen LogP) is 2.52. The molecule has 1 N–H and O–H groups in total. The van der Waals surface area contributed by atoms with Gasteiger partial charge in [-0.05, 0) is 25.3 Å². The monoisotopic (exact) mass is 187 g/mol. The molecule has 0 aromatic heterocycles. The van der Waals surface area contributed by atoms with E-state index < -0.39 is 0 Å². The van der Waals surface area contributed by atoms with Gasteiger partial charge in [0.25, 0.3) is 0 Å². The van der Waals surface area contributed by atoms with Crippen molar-refractivity contribution in [3.63, 3.8) is 0 Å². The first-order chi connectivity index (χ1) is 5.72. The Bertz CT molecular complexity index is 125. The molecule has 2 atom stereocenters. The topological polar surface area (TPSA) is 12.0 Å². The van der Waals surface area contributed by atoms with Crippen molar-refractivity contribution in [2.75, 3.05) is 12.3 Å². The molecule has 0 amide bonds. The first kappa shape index (κ1) is 10.4. The van der Waals surface area contributed by atoms with Gasteiger partial charge in [0, 0.05) is 17.0 Å². The zero-order chi connectivity index (χ0) is 8.97. The summed E-state index contributed by atoms with van der Waals surface area (Å²) in [5.74, 6) is 2.19. The lowest BCUT2D eigenvalue weighted by molar-refractivity contribution is 0.499. The van der Waals surface area contributed by atoms with Crippen LogP contribution in [0, 0.1) is 5.92 Å². The van der Waals surface area contributed by atoms with E-state index in [-0.39, 0.29) is 0 Å². The molecule has 0 aromatic rings. The van der Waals surface area contributed by atoms with Crippen molar-refractivity contribution < 1.29 is 0 Å². The van der Waals surface area contributed by atoms with Gasteiger partial charge in [-0.25, -0.2) is 0 Å². The highest BCUT2D eigenvalue weighted by Gasteiger charge is 2.24. The third-order valence-corrected chi connectivity index (χ3v) is 3.76. The molecule has 0 aliphatic carbocycles. The highest BCUT2D eigenvalue weighted by Crippen LogP contribution is 2.31. The Morgan fingerprint density at radius 1 is 1.50 bits per heavy atom. The summed E-state index contributed by atoms with van der Waals surface area (Å²) in [6.45, 7) is 7.96. The largest absolute Gasteiger partial charge is 0.313 e. The van der Waals surface area contributed by atoms with E-state index in [1.54, 1.807) is 0 Å². The number of rotatable bonds is 4. The molecule has 0 saturated carbocycles. The van der Waals surface area contributed by atoms with E-state index in [0.29, 0.717) is 0 Å². The molecule has 72 valence electrons. The summed E-state index contributed by atoms with van der Waals surface area (Å²) in [6.07, 6.45) is 2.78. The summed E-state index contributed by atoms with van der Waals surface area (Å²) >= 11 is 2.16. The lowest BCUT2D eigenvalue weighted by atomic mass is 10.0. The second-order valence-electron chi connectivity index (χ2n) is 4.08. The van der Waals surface area contributed by atoms with Crippen LogP contribution < -0.4 is 5.32 Å².